The lowest BCUT2D eigenvalue weighted by molar-refractivity contribution is 0.327. The van der Waals surface area contributed by atoms with Gasteiger partial charge in [-0.3, -0.25) is 0 Å². The van der Waals surface area contributed by atoms with Gasteiger partial charge in [0.25, 0.3) is 0 Å². The zero-order valence-electron chi connectivity index (χ0n) is 11.8. The van der Waals surface area contributed by atoms with Gasteiger partial charge in [-0.25, -0.2) is 4.98 Å². The zero-order valence-corrected chi connectivity index (χ0v) is 14.9. The predicted molar refractivity (Wildman–Crippen MR) is 87.1 cm³/mol. The van der Waals surface area contributed by atoms with Gasteiger partial charge in [0.2, 0.25) is 0 Å². The molecule has 0 aliphatic rings. The normalized spacial score (nSPS) is 10.9. The van der Waals surface area contributed by atoms with E-state index in [1.165, 1.54) is 24.3 Å². The highest BCUT2D eigenvalue weighted by Gasteiger charge is 2.22. The van der Waals surface area contributed by atoms with Gasteiger partial charge in [-0.1, -0.05) is 11.6 Å². The summed E-state index contributed by atoms with van der Waals surface area (Å²) >= 11 is 8.83. The summed E-state index contributed by atoms with van der Waals surface area (Å²) in [6, 6.07) is 7.42. The van der Waals surface area contributed by atoms with Crippen molar-refractivity contribution in [3.63, 3.8) is 0 Å². The van der Waals surface area contributed by atoms with E-state index in [-0.39, 0.29) is 32.6 Å². The van der Waals surface area contributed by atoms with Crippen LogP contribution >= 0.6 is 27.5 Å². The van der Waals surface area contributed by atoms with E-state index in [2.05, 4.69) is 20.9 Å². The van der Waals surface area contributed by atoms with Crippen molar-refractivity contribution >= 4 is 37.6 Å². The van der Waals surface area contributed by atoms with Crippen molar-refractivity contribution in [3.8, 4) is 17.6 Å². The summed E-state index contributed by atoms with van der Waals surface area (Å²) < 4.78 is 35.4. The van der Waals surface area contributed by atoms with Gasteiger partial charge in [0.15, 0.2) is 11.5 Å². The average Bonchev–Trinajstić information content (AvgIpc) is 2.51. The quantitative estimate of drug-likeness (QED) is 0.546. The van der Waals surface area contributed by atoms with Crippen molar-refractivity contribution < 1.29 is 17.3 Å². The molecule has 9 heteroatoms. The van der Waals surface area contributed by atoms with E-state index in [4.69, 9.17) is 25.8 Å². The van der Waals surface area contributed by atoms with E-state index >= 15 is 0 Å². The molecule has 0 atom stereocenters. The molecule has 23 heavy (non-hydrogen) atoms. The van der Waals surface area contributed by atoms with Gasteiger partial charge in [-0.05, 0) is 41.1 Å². The van der Waals surface area contributed by atoms with Crippen LogP contribution in [-0.2, 0) is 10.1 Å². The molecule has 0 spiro atoms. The molecule has 120 valence electrons. The molecule has 0 amide bonds. The third-order valence-electron chi connectivity index (χ3n) is 2.62. The van der Waals surface area contributed by atoms with Crippen molar-refractivity contribution in [2.24, 2.45) is 0 Å². The Morgan fingerprint density at radius 2 is 2.13 bits per heavy atom. The van der Waals surface area contributed by atoms with Crippen LogP contribution in [0, 0.1) is 11.3 Å². The fourth-order valence-electron chi connectivity index (χ4n) is 1.64. The third-order valence-corrected chi connectivity index (χ3v) is 4.64. The highest BCUT2D eigenvalue weighted by Crippen LogP contribution is 2.38. The standard InChI is InChI=1S/C14H10BrClN2O4S/c1-2-21-12-6-9(7-17)5-11(15)14(12)22-23(19,20)10-3-4-13(16)18-8-10/h3-6,8H,2H2,1H3. The molecule has 0 fully saturated rings. The molecule has 0 saturated carbocycles. The molecular weight excluding hydrogens is 408 g/mol. The Hall–Kier alpha value is -1.82. The minimum atomic E-state index is -4.13. The molecule has 2 aromatic rings. The first-order chi connectivity index (χ1) is 10.9. The predicted octanol–water partition coefficient (Wildman–Crippen LogP) is 3.54. The molecule has 1 aromatic carbocycles. The van der Waals surface area contributed by atoms with Crippen molar-refractivity contribution in [1.29, 1.82) is 5.26 Å². The summed E-state index contributed by atoms with van der Waals surface area (Å²) in [5, 5.41) is 9.14. The second-order valence-electron chi connectivity index (χ2n) is 4.18. The Labute approximate surface area is 146 Å². The number of rotatable bonds is 5. The lowest BCUT2D eigenvalue weighted by Gasteiger charge is -2.13. The maximum absolute atomic E-state index is 12.3. The first kappa shape index (κ1) is 17.5. The highest BCUT2D eigenvalue weighted by atomic mass is 79.9. The number of pyridine rings is 1. The summed E-state index contributed by atoms with van der Waals surface area (Å²) in [4.78, 5) is 3.56. The van der Waals surface area contributed by atoms with Crippen molar-refractivity contribution in [3.05, 3.63) is 45.7 Å². The molecule has 0 aliphatic heterocycles. The van der Waals surface area contributed by atoms with Crippen LogP contribution in [0.5, 0.6) is 11.5 Å². The lowest BCUT2D eigenvalue weighted by atomic mass is 10.2. The number of nitriles is 1. The highest BCUT2D eigenvalue weighted by molar-refractivity contribution is 9.10. The van der Waals surface area contributed by atoms with E-state index in [9.17, 15) is 8.42 Å². The van der Waals surface area contributed by atoms with Gasteiger partial charge in [-0.2, -0.15) is 13.7 Å². The second kappa shape index (κ2) is 7.17. The summed E-state index contributed by atoms with van der Waals surface area (Å²) in [6.45, 7) is 2.01. The van der Waals surface area contributed by atoms with Crippen LogP contribution in [-0.4, -0.2) is 20.0 Å². The van der Waals surface area contributed by atoms with E-state index in [1.807, 2.05) is 6.07 Å². The number of halogens is 2. The Morgan fingerprint density at radius 3 is 2.70 bits per heavy atom. The Kier molecular flexibility index (Phi) is 5.46. The molecular formula is C14H10BrClN2O4S. The maximum Gasteiger partial charge on any atom is 0.340 e. The molecule has 0 bridgehead atoms. The molecule has 0 saturated heterocycles. The summed E-state index contributed by atoms with van der Waals surface area (Å²) in [5.41, 5.74) is 0.304. The molecule has 0 aliphatic carbocycles. The third kappa shape index (κ3) is 4.13. The fourth-order valence-corrected chi connectivity index (χ4v) is 3.29. The smallest absolute Gasteiger partial charge is 0.340 e. The Bertz CT molecular complexity index is 864. The minimum Gasteiger partial charge on any atom is -0.490 e. The first-order valence-electron chi connectivity index (χ1n) is 6.30. The summed E-state index contributed by atoms with van der Waals surface area (Å²) in [7, 11) is -4.13. The van der Waals surface area contributed by atoms with Gasteiger partial charge in [-0.15, -0.1) is 0 Å². The number of ether oxygens (including phenoxy) is 1. The van der Waals surface area contributed by atoms with Crippen LogP contribution in [0.15, 0.2) is 39.8 Å². The maximum atomic E-state index is 12.3. The molecule has 6 nitrogen and oxygen atoms in total. The second-order valence-corrected chi connectivity index (χ2v) is 6.97. The van der Waals surface area contributed by atoms with Crippen molar-refractivity contribution in [2.45, 2.75) is 11.8 Å². The zero-order chi connectivity index (χ0) is 17.0. The lowest BCUT2D eigenvalue weighted by Crippen LogP contribution is -2.11. The molecule has 0 unspecified atom stereocenters. The molecule has 1 aromatic heterocycles. The number of hydrogen-bond donors (Lipinski definition) is 0. The van der Waals surface area contributed by atoms with Crippen LogP contribution in [0.2, 0.25) is 5.15 Å². The molecule has 0 radical (unpaired) electrons. The van der Waals surface area contributed by atoms with E-state index in [1.54, 1.807) is 6.92 Å². The van der Waals surface area contributed by atoms with Crippen LogP contribution in [0.4, 0.5) is 0 Å². The van der Waals surface area contributed by atoms with Crippen LogP contribution in [0.3, 0.4) is 0 Å². The van der Waals surface area contributed by atoms with Gasteiger partial charge < -0.3 is 8.92 Å². The van der Waals surface area contributed by atoms with Crippen molar-refractivity contribution in [1.82, 2.24) is 4.98 Å². The van der Waals surface area contributed by atoms with E-state index in [0.29, 0.717) is 5.56 Å². The summed E-state index contributed by atoms with van der Waals surface area (Å²) in [6.07, 6.45) is 1.09. The average molecular weight is 418 g/mol. The number of hydrogen-bond acceptors (Lipinski definition) is 6. The van der Waals surface area contributed by atoms with E-state index in [0.717, 1.165) is 6.20 Å². The SMILES string of the molecule is CCOc1cc(C#N)cc(Br)c1OS(=O)(=O)c1ccc(Cl)nc1. The van der Waals surface area contributed by atoms with Gasteiger partial charge in [0.05, 0.1) is 28.9 Å². The van der Waals surface area contributed by atoms with Crippen molar-refractivity contribution in [2.75, 3.05) is 6.61 Å². The summed E-state index contributed by atoms with van der Waals surface area (Å²) in [5.74, 6) is 0.102. The monoisotopic (exact) mass is 416 g/mol. The van der Waals surface area contributed by atoms with Crippen LogP contribution in [0.1, 0.15) is 12.5 Å². The minimum absolute atomic E-state index is 0.0409. The molecule has 2 rings (SSSR count). The van der Waals surface area contributed by atoms with Crippen LogP contribution in [0.25, 0.3) is 0 Å². The van der Waals surface area contributed by atoms with Gasteiger partial charge in [0.1, 0.15) is 10.0 Å². The van der Waals surface area contributed by atoms with Crippen LogP contribution < -0.4 is 8.92 Å². The topological polar surface area (TPSA) is 89.3 Å². The fraction of sp³-hybridized carbons (Fsp3) is 0.143. The number of benzene rings is 1. The largest absolute Gasteiger partial charge is 0.490 e. The number of nitrogens with zero attached hydrogens (tertiary/aromatic N) is 2. The number of aromatic nitrogens is 1. The van der Waals surface area contributed by atoms with Gasteiger partial charge >= 0.3 is 10.1 Å². The van der Waals surface area contributed by atoms with E-state index < -0.39 is 10.1 Å². The molecule has 0 N–H and O–H groups in total. The Balaban J connectivity index is 2.46. The molecule has 1 heterocycles. The first-order valence-corrected chi connectivity index (χ1v) is 8.87. The van der Waals surface area contributed by atoms with Gasteiger partial charge in [0, 0.05) is 6.07 Å². The Morgan fingerprint density at radius 1 is 1.39 bits per heavy atom.